The number of halogens is 2. The Balaban J connectivity index is 2.99. The summed E-state index contributed by atoms with van der Waals surface area (Å²) in [6.45, 7) is 0. The first-order chi connectivity index (χ1) is 6.41. The molecular formula is C11H18I2. The Kier molecular flexibility index (Phi) is 13.9. The normalized spacial score (nSPS) is 11.8. The summed E-state index contributed by atoms with van der Waals surface area (Å²) in [6, 6.07) is 0. The summed E-state index contributed by atoms with van der Waals surface area (Å²) in [6.07, 6.45) is 15.7. The van der Waals surface area contributed by atoms with Crippen LogP contribution in [-0.4, -0.2) is 8.86 Å². The molecule has 0 aliphatic carbocycles. The predicted octanol–water partition coefficient (Wildman–Crippen LogP) is 4.92. The number of hydrogen-bond acceptors (Lipinski definition) is 0. The first-order valence-electron chi connectivity index (χ1n) is 4.83. The summed E-state index contributed by atoms with van der Waals surface area (Å²) < 4.78 is 2.30. The molecule has 0 atom stereocenters. The maximum atomic E-state index is 2.37. The molecule has 0 rings (SSSR count). The molecule has 0 saturated heterocycles. The second-order valence-electron chi connectivity index (χ2n) is 2.89. The van der Waals surface area contributed by atoms with Gasteiger partial charge in [-0.3, -0.25) is 0 Å². The van der Waals surface area contributed by atoms with Crippen LogP contribution in [-0.2, 0) is 0 Å². The van der Waals surface area contributed by atoms with E-state index in [0.717, 1.165) is 8.86 Å². The fourth-order valence-electron chi connectivity index (χ4n) is 1.06. The molecule has 0 N–H and O–H groups in total. The second-order valence-corrected chi connectivity index (χ2v) is 4.65. The van der Waals surface area contributed by atoms with E-state index in [1.54, 1.807) is 0 Å². The average Bonchev–Trinajstić information content (AvgIpc) is 2.16. The fraction of sp³-hybridized carbons (Fsp3) is 0.636. The van der Waals surface area contributed by atoms with Gasteiger partial charge in [-0.05, 0) is 25.7 Å². The third kappa shape index (κ3) is 12.9. The maximum absolute atomic E-state index is 2.37. The molecule has 0 fully saturated rings. The maximum Gasteiger partial charge on any atom is 0.0175 e. The summed E-state index contributed by atoms with van der Waals surface area (Å²) in [5.41, 5.74) is 0. The quantitative estimate of drug-likeness (QED) is 0.233. The van der Waals surface area contributed by atoms with Crippen molar-refractivity contribution in [2.45, 2.75) is 32.1 Å². The van der Waals surface area contributed by atoms with Gasteiger partial charge in [0, 0.05) is 8.86 Å². The van der Waals surface area contributed by atoms with Gasteiger partial charge in [0.25, 0.3) is 0 Å². The van der Waals surface area contributed by atoms with Crippen LogP contribution < -0.4 is 0 Å². The molecule has 0 unspecified atom stereocenters. The average molecular weight is 404 g/mol. The largest absolute Gasteiger partial charge is 0.0878 e. The highest BCUT2D eigenvalue weighted by Gasteiger charge is 1.85. The molecule has 0 aromatic carbocycles. The van der Waals surface area contributed by atoms with Crippen LogP contribution in [0.1, 0.15) is 32.1 Å². The number of alkyl halides is 2. The van der Waals surface area contributed by atoms with E-state index in [1.165, 1.54) is 32.1 Å². The third-order valence-electron chi connectivity index (χ3n) is 1.75. The zero-order valence-electron chi connectivity index (χ0n) is 8.02. The smallest absolute Gasteiger partial charge is 0.0175 e. The summed E-state index contributed by atoms with van der Waals surface area (Å²) in [4.78, 5) is 0. The van der Waals surface area contributed by atoms with Crippen LogP contribution in [0.2, 0.25) is 0 Å². The Bertz CT molecular complexity index is 123. The Hall–Kier alpha value is 0.940. The van der Waals surface area contributed by atoms with E-state index in [0.29, 0.717) is 0 Å². The molecule has 0 aliphatic rings. The molecule has 2 heteroatoms. The van der Waals surface area contributed by atoms with E-state index in [1.807, 2.05) is 0 Å². The number of unbranched alkanes of at least 4 members (excludes halogenated alkanes) is 4. The van der Waals surface area contributed by atoms with Gasteiger partial charge in [-0.25, -0.2) is 0 Å². The van der Waals surface area contributed by atoms with Crippen LogP contribution in [0.25, 0.3) is 0 Å². The molecular weight excluding hydrogens is 386 g/mol. The van der Waals surface area contributed by atoms with E-state index >= 15 is 0 Å². The zero-order chi connectivity index (χ0) is 9.78. The lowest BCUT2D eigenvalue weighted by Crippen LogP contribution is -1.75. The number of rotatable bonds is 8. The van der Waals surface area contributed by atoms with E-state index < -0.39 is 0 Å². The van der Waals surface area contributed by atoms with Gasteiger partial charge in [0.05, 0.1) is 0 Å². The standard InChI is InChI=1S/C11H18I2/c12-10-8-6-4-2-1-3-5-7-9-11-13/h6-9H,1-5,10-11H2/b8-6+,9-7+. The van der Waals surface area contributed by atoms with E-state index in [9.17, 15) is 0 Å². The van der Waals surface area contributed by atoms with Gasteiger partial charge in [0.1, 0.15) is 0 Å². The van der Waals surface area contributed by atoms with Gasteiger partial charge in [-0.1, -0.05) is 75.9 Å². The zero-order valence-corrected chi connectivity index (χ0v) is 12.3. The molecule has 0 heterocycles. The predicted molar refractivity (Wildman–Crippen MR) is 79.1 cm³/mol. The first kappa shape index (κ1) is 13.9. The second kappa shape index (κ2) is 12.9. The molecule has 0 aliphatic heterocycles. The van der Waals surface area contributed by atoms with Crippen molar-refractivity contribution in [2.75, 3.05) is 8.86 Å². The SMILES string of the molecule is IC/C=C/CCCCC/C=C/CI. The minimum absolute atomic E-state index is 1.15. The van der Waals surface area contributed by atoms with Gasteiger partial charge in [0.2, 0.25) is 0 Å². The van der Waals surface area contributed by atoms with Crippen molar-refractivity contribution in [3.05, 3.63) is 24.3 Å². The highest BCUT2D eigenvalue weighted by molar-refractivity contribution is 14.1. The van der Waals surface area contributed by atoms with Crippen LogP contribution >= 0.6 is 45.2 Å². The summed E-state index contributed by atoms with van der Waals surface area (Å²) in [5.74, 6) is 0. The molecule has 13 heavy (non-hydrogen) atoms. The van der Waals surface area contributed by atoms with Gasteiger partial charge < -0.3 is 0 Å². The highest BCUT2D eigenvalue weighted by Crippen LogP contribution is 2.04. The summed E-state index contributed by atoms with van der Waals surface area (Å²) >= 11 is 4.75. The Labute approximate surface area is 110 Å². The van der Waals surface area contributed by atoms with Crippen molar-refractivity contribution in [3.63, 3.8) is 0 Å². The van der Waals surface area contributed by atoms with Crippen molar-refractivity contribution < 1.29 is 0 Å². The van der Waals surface area contributed by atoms with Crippen LogP contribution in [0.4, 0.5) is 0 Å². The van der Waals surface area contributed by atoms with Crippen molar-refractivity contribution in [1.29, 1.82) is 0 Å². The molecule has 76 valence electrons. The number of allylic oxidation sites excluding steroid dienone is 4. The van der Waals surface area contributed by atoms with Crippen LogP contribution in [0, 0.1) is 0 Å². The molecule has 0 radical (unpaired) electrons. The van der Waals surface area contributed by atoms with Crippen molar-refractivity contribution in [3.8, 4) is 0 Å². The minimum Gasteiger partial charge on any atom is -0.0878 e. The van der Waals surface area contributed by atoms with Crippen LogP contribution in [0.5, 0.6) is 0 Å². The number of hydrogen-bond donors (Lipinski definition) is 0. The Morgan fingerprint density at radius 3 is 1.46 bits per heavy atom. The lowest BCUT2D eigenvalue weighted by Gasteiger charge is -1.94. The van der Waals surface area contributed by atoms with Gasteiger partial charge in [0.15, 0.2) is 0 Å². The van der Waals surface area contributed by atoms with E-state index in [-0.39, 0.29) is 0 Å². The lowest BCUT2D eigenvalue weighted by atomic mass is 10.1. The molecule has 0 aromatic rings. The summed E-state index contributed by atoms with van der Waals surface area (Å²) in [5, 5.41) is 0. The van der Waals surface area contributed by atoms with Crippen LogP contribution in [0.3, 0.4) is 0 Å². The van der Waals surface area contributed by atoms with Crippen molar-refractivity contribution in [1.82, 2.24) is 0 Å². The van der Waals surface area contributed by atoms with Gasteiger partial charge in [-0.15, -0.1) is 0 Å². The monoisotopic (exact) mass is 404 g/mol. The highest BCUT2D eigenvalue weighted by atomic mass is 127. The van der Waals surface area contributed by atoms with Gasteiger partial charge >= 0.3 is 0 Å². The Morgan fingerprint density at radius 1 is 0.615 bits per heavy atom. The van der Waals surface area contributed by atoms with E-state index in [4.69, 9.17) is 0 Å². The Morgan fingerprint density at radius 2 is 1.08 bits per heavy atom. The molecule has 0 spiro atoms. The molecule has 0 amide bonds. The first-order valence-corrected chi connectivity index (χ1v) is 7.89. The summed E-state index contributed by atoms with van der Waals surface area (Å²) in [7, 11) is 0. The van der Waals surface area contributed by atoms with E-state index in [2.05, 4.69) is 69.5 Å². The van der Waals surface area contributed by atoms with Gasteiger partial charge in [-0.2, -0.15) is 0 Å². The lowest BCUT2D eigenvalue weighted by molar-refractivity contribution is 0.696. The molecule has 0 bridgehead atoms. The molecule has 0 saturated carbocycles. The topological polar surface area (TPSA) is 0 Å². The van der Waals surface area contributed by atoms with Crippen LogP contribution in [0.15, 0.2) is 24.3 Å². The van der Waals surface area contributed by atoms with Crippen molar-refractivity contribution >= 4 is 45.2 Å². The van der Waals surface area contributed by atoms with Crippen molar-refractivity contribution in [2.24, 2.45) is 0 Å². The molecule has 0 nitrogen and oxygen atoms in total. The third-order valence-corrected chi connectivity index (χ3v) is 2.77. The minimum atomic E-state index is 1.15. The molecule has 0 aromatic heterocycles. The fourth-order valence-corrected chi connectivity index (χ4v) is 1.78.